The molecule has 0 saturated heterocycles. The van der Waals surface area contributed by atoms with Crippen LogP contribution in [-0.2, 0) is 6.54 Å². The fourth-order valence-corrected chi connectivity index (χ4v) is 4.05. The van der Waals surface area contributed by atoms with Gasteiger partial charge in [-0.2, -0.15) is 0 Å². The van der Waals surface area contributed by atoms with Gasteiger partial charge in [-0.05, 0) is 55.7 Å². The van der Waals surface area contributed by atoms with Gasteiger partial charge in [0, 0.05) is 23.2 Å². The first kappa shape index (κ1) is 23.0. The van der Waals surface area contributed by atoms with Crippen LogP contribution in [0, 0.1) is 0 Å². The zero-order valence-corrected chi connectivity index (χ0v) is 19.9. The van der Waals surface area contributed by atoms with Crippen molar-refractivity contribution in [1.82, 2.24) is 14.5 Å². The molecule has 1 heterocycles. The predicted octanol–water partition coefficient (Wildman–Crippen LogP) is 5.96. The van der Waals surface area contributed by atoms with Gasteiger partial charge in [0.2, 0.25) is 0 Å². The number of amides is 2. The van der Waals surface area contributed by atoms with E-state index in [0.29, 0.717) is 36.2 Å². The first-order valence-electron chi connectivity index (χ1n) is 10.8. The molecule has 2 amide bonds. The van der Waals surface area contributed by atoms with Gasteiger partial charge in [-0.25, -0.2) is 9.78 Å². The van der Waals surface area contributed by atoms with Crippen LogP contribution in [0.25, 0.3) is 10.9 Å². The van der Waals surface area contributed by atoms with Crippen molar-refractivity contribution >= 4 is 38.6 Å². The smallest absolute Gasteiger partial charge is 0.314 e. The van der Waals surface area contributed by atoms with Gasteiger partial charge >= 0.3 is 6.03 Å². The Bertz CT molecular complexity index is 1090. The molecule has 0 aliphatic rings. The normalized spacial score (nSPS) is 12.0. The number of nitrogens with one attached hydrogen (secondary N) is 1. The summed E-state index contributed by atoms with van der Waals surface area (Å²) in [7, 11) is 0. The lowest BCUT2D eigenvalue weighted by atomic mass is 10.1. The second kappa shape index (κ2) is 10.6. The van der Waals surface area contributed by atoms with Crippen LogP contribution in [0.1, 0.15) is 51.9 Å². The quantitative estimate of drug-likeness (QED) is 0.428. The first-order chi connectivity index (χ1) is 15.0. The SMILES string of the molecule is CCCN(C(=O)Nc1ccc(Br)cc1)C(CC)c1nc2ccccc2c(=O)n1CCC. The molecular weight excluding hydrogens is 456 g/mol. The maximum absolute atomic E-state index is 13.3. The molecule has 0 bridgehead atoms. The van der Waals surface area contributed by atoms with E-state index < -0.39 is 0 Å². The van der Waals surface area contributed by atoms with E-state index in [1.54, 1.807) is 9.47 Å². The van der Waals surface area contributed by atoms with E-state index in [1.165, 1.54) is 0 Å². The molecule has 1 unspecified atom stereocenters. The molecule has 0 spiro atoms. The fourth-order valence-electron chi connectivity index (χ4n) is 3.79. The highest BCUT2D eigenvalue weighted by atomic mass is 79.9. The number of anilines is 1. The lowest BCUT2D eigenvalue weighted by molar-refractivity contribution is 0.180. The number of halogens is 1. The third-order valence-electron chi connectivity index (χ3n) is 5.22. The van der Waals surface area contributed by atoms with Crippen molar-refractivity contribution < 1.29 is 4.79 Å². The molecular formula is C24H29BrN4O2. The van der Waals surface area contributed by atoms with Crippen molar-refractivity contribution in [2.75, 3.05) is 11.9 Å². The van der Waals surface area contributed by atoms with Gasteiger partial charge in [-0.15, -0.1) is 0 Å². The van der Waals surface area contributed by atoms with E-state index >= 15 is 0 Å². The maximum Gasteiger partial charge on any atom is 0.322 e. The number of urea groups is 1. The van der Waals surface area contributed by atoms with Crippen LogP contribution < -0.4 is 10.9 Å². The van der Waals surface area contributed by atoms with Crippen LogP contribution in [0.15, 0.2) is 57.8 Å². The Labute approximate surface area is 191 Å². The molecule has 31 heavy (non-hydrogen) atoms. The number of benzene rings is 2. The second-order valence-corrected chi connectivity index (χ2v) is 8.41. The number of fused-ring (bicyclic) bond motifs is 1. The molecule has 0 fully saturated rings. The molecule has 2 aromatic carbocycles. The van der Waals surface area contributed by atoms with Crippen molar-refractivity contribution in [1.29, 1.82) is 0 Å². The Morgan fingerprint density at radius 2 is 1.81 bits per heavy atom. The highest BCUT2D eigenvalue weighted by Gasteiger charge is 2.28. The van der Waals surface area contributed by atoms with Crippen LogP contribution in [-0.4, -0.2) is 27.0 Å². The maximum atomic E-state index is 13.3. The minimum absolute atomic E-state index is 0.0503. The first-order valence-corrected chi connectivity index (χ1v) is 11.6. The summed E-state index contributed by atoms with van der Waals surface area (Å²) in [5, 5.41) is 3.60. The molecule has 6 nitrogen and oxygen atoms in total. The number of aromatic nitrogens is 2. The summed E-state index contributed by atoms with van der Waals surface area (Å²) in [6.07, 6.45) is 2.26. The van der Waals surface area contributed by atoms with Crippen molar-refractivity contribution in [3.05, 3.63) is 69.2 Å². The molecule has 3 rings (SSSR count). The third-order valence-corrected chi connectivity index (χ3v) is 5.75. The standard InChI is InChI=1S/C24H29BrN4O2/c1-4-15-28(24(31)26-18-13-11-17(25)12-14-18)21(6-3)22-27-20-10-8-7-9-19(20)23(30)29(22)16-5-2/h7-14,21H,4-6,15-16H2,1-3H3,(H,26,31). The lowest BCUT2D eigenvalue weighted by Gasteiger charge is -2.32. The second-order valence-electron chi connectivity index (χ2n) is 7.50. The number of carbonyl (C=O) groups excluding carboxylic acids is 1. The lowest BCUT2D eigenvalue weighted by Crippen LogP contribution is -2.41. The van der Waals surface area contributed by atoms with Crippen molar-refractivity contribution in [3.8, 4) is 0 Å². The average molecular weight is 485 g/mol. The van der Waals surface area contributed by atoms with Gasteiger partial charge in [-0.3, -0.25) is 9.36 Å². The zero-order chi connectivity index (χ0) is 22.4. The van der Waals surface area contributed by atoms with Crippen LogP contribution in [0.5, 0.6) is 0 Å². The molecule has 1 atom stereocenters. The predicted molar refractivity (Wildman–Crippen MR) is 129 cm³/mol. The van der Waals surface area contributed by atoms with Gasteiger partial charge in [-0.1, -0.05) is 48.8 Å². The minimum Gasteiger partial charge on any atom is -0.314 e. The molecule has 164 valence electrons. The van der Waals surface area contributed by atoms with E-state index in [4.69, 9.17) is 4.98 Å². The largest absolute Gasteiger partial charge is 0.322 e. The summed E-state index contributed by atoms with van der Waals surface area (Å²) in [4.78, 5) is 33.2. The van der Waals surface area contributed by atoms with Gasteiger partial charge in [0.25, 0.3) is 5.56 Å². The van der Waals surface area contributed by atoms with Crippen LogP contribution in [0.2, 0.25) is 0 Å². The van der Waals surface area contributed by atoms with Crippen LogP contribution >= 0.6 is 15.9 Å². The number of hydrogen-bond donors (Lipinski definition) is 1. The highest BCUT2D eigenvalue weighted by Crippen LogP contribution is 2.25. The third kappa shape index (κ3) is 5.15. The summed E-state index contributed by atoms with van der Waals surface area (Å²) in [6.45, 7) is 7.24. The van der Waals surface area contributed by atoms with Crippen LogP contribution in [0.3, 0.4) is 0 Å². The van der Waals surface area contributed by atoms with Gasteiger partial charge in [0.15, 0.2) is 0 Å². The minimum atomic E-state index is -0.306. The summed E-state index contributed by atoms with van der Waals surface area (Å²) in [5.74, 6) is 0.646. The Balaban J connectivity index is 2.05. The summed E-state index contributed by atoms with van der Waals surface area (Å²) in [5.41, 5.74) is 1.34. The van der Waals surface area contributed by atoms with Crippen molar-refractivity contribution in [3.63, 3.8) is 0 Å². The Hall–Kier alpha value is -2.67. The number of carbonyl (C=O) groups is 1. The van der Waals surface area contributed by atoms with Gasteiger partial charge < -0.3 is 10.2 Å². The molecule has 0 radical (unpaired) electrons. The number of rotatable bonds is 8. The fraction of sp³-hybridized carbons (Fsp3) is 0.375. The van der Waals surface area contributed by atoms with Gasteiger partial charge in [0.1, 0.15) is 5.82 Å². The van der Waals surface area contributed by atoms with Crippen LogP contribution in [0.4, 0.5) is 10.5 Å². The van der Waals surface area contributed by atoms with E-state index in [1.807, 2.05) is 69.3 Å². The van der Waals surface area contributed by atoms with E-state index in [9.17, 15) is 9.59 Å². The summed E-state index contributed by atoms with van der Waals surface area (Å²) >= 11 is 3.42. The average Bonchev–Trinajstić information content (AvgIpc) is 2.77. The molecule has 1 aromatic heterocycles. The molecule has 0 saturated carbocycles. The molecule has 0 aliphatic heterocycles. The molecule has 7 heteroatoms. The Kier molecular flexibility index (Phi) is 7.85. The number of hydrogen-bond acceptors (Lipinski definition) is 3. The van der Waals surface area contributed by atoms with E-state index in [-0.39, 0.29) is 17.6 Å². The number of para-hydroxylation sites is 1. The monoisotopic (exact) mass is 484 g/mol. The number of nitrogens with zero attached hydrogens (tertiary/aromatic N) is 3. The summed E-state index contributed by atoms with van der Waals surface area (Å²) < 4.78 is 2.69. The highest BCUT2D eigenvalue weighted by molar-refractivity contribution is 9.10. The Morgan fingerprint density at radius 1 is 1.10 bits per heavy atom. The van der Waals surface area contributed by atoms with E-state index in [2.05, 4.69) is 21.2 Å². The summed E-state index contributed by atoms with van der Waals surface area (Å²) in [6, 6.07) is 14.4. The van der Waals surface area contributed by atoms with Crippen molar-refractivity contribution in [2.45, 2.75) is 52.6 Å². The van der Waals surface area contributed by atoms with E-state index in [0.717, 1.165) is 23.0 Å². The molecule has 1 N–H and O–H groups in total. The van der Waals surface area contributed by atoms with Gasteiger partial charge in [0.05, 0.1) is 16.9 Å². The Morgan fingerprint density at radius 3 is 2.45 bits per heavy atom. The topological polar surface area (TPSA) is 67.2 Å². The molecule has 0 aliphatic carbocycles. The molecule has 3 aromatic rings. The zero-order valence-electron chi connectivity index (χ0n) is 18.3. The van der Waals surface area contributed by atoms with Crippen molar-refractivity contribution in [2.24, 2.45) is 0 Å².